The van der Waals surface area contributed by atoms with Gasteiger partial charge in [-0.05, 0) is 58.3 Å². The van der Waals surface area contributed by atoms with Gasteiger partial charge in [-0.3, -0.25) is 0 Å². The fourth-order valence-electron chi connectivity index (χ4n) is 3.99. The van der Waals surface area contributed by atoms with Crippen molar-refractivity contribution >= 4 is 54.2 Å². The van der Waals surface area contributed by atoms with Crippen molar-refractivity contribution in [2.75, 3.05) is 13.2 Å². The third-order valence-corrected chi connectivity index (χ3v) is 6.44. The molecule has 0 radical (unpaired) electrons. The van der Waals surface area contributed by atoms with E-state index in [-0.39, 0.29) is 0 Å². The summed E-state index contributed by atoms with van der Waals surface area (Å²) in [7, 11) is 0. The summed E-state index contributed by atoms with van der Waals surface area (Å²) in [5.74, 6) is -1.08. The molecule has 0 saturated carbocycles. The number of thiophene rings is 1. The lowest BCUT2D eigenvalue weighted by molar-refractivity contribution is -0.140. The Bertz CT molecular complexity index is 1520. The SMILES string of the molecule is O=C(O)COc1ccc(-c2c3ccc(OCC(=O)O)cc3cc3sc4ccccc4c23)cc1. The molecule has 0 atom stereocenters. The summed E-state index contributed by atoms with van der Waals surface area (Å²) in [5.41, 5.74) is 2.02. The Balaban J connectivity index is 1.71. The lowest BCUT2D eigenvalue weighted by atomic mass is 9.93. The summed E-state index contributed by atoms with van der Waals surface area (Å²) in [5, 5.41) is 22.0. The van der Waals surface area contributed by atoms with Gasteiger partial charge in [-0.2, -0.15) is 0 Å². The van der Waals surface area contributed by atoms with E-state index >= 15 is 0 Å². The van der Waals surface area contributed by atoms with Gasteiger partial charge >= 0.3 is 11.9 Å². The summed E-state index contributed by atoms with van der Waals surface area (Å²) < 4.78 is 13.0. The molecule has 0 aliphatic rings. The van der Waals surface area contributed by atoms with Gasteiger partial charge < -0.3 is 19.7 Å². The first kappa shape index (κ1) is 20.8. The van der Waals surface area contributed by atoms with Crippen molar-refractivity contribution in [3.8, 4) is 22.6 Å². The van der Waals surface area contributed by atoms with Crippen molar-refractivity contribution in [3.05, 3.63) is 72.8 Å². The predicted octanol–water partition coefficient (Wildman–Crippen LogP) is 5.80. The number of ether oxygens (including phenoxy) is 2. The molecule has 0 amide bonds. The second-order valence-corrected chi connectivity index (χ2v) is 8.58. The van der Waals surface area contributed by atoms with Crippen LogP contribution in [0.5, 0.6) is 11.5 Å². The maximum Gasteiger partial charge on any atom is 0.341 e. The molecule has 0 saturated heterocycles. The van der Waals surface area contributed by atoms with E-state index in [9.17, 15) is 9.59 Å². The Labute approximate surface area is 192 Å². The summed E-state index contributed by atoms with van der Waals surface area (Å²) in [4.78, 5) is 21.7. The number of hydrogen-bond donors (Lipinski definition) is 2. The van der Waals surface area contributed by atoms with Crippen LogP contribution in [0.3, 0.4) is 0 Å². The lowest BCUT2D eigenvalue weighted by Gasteiger charge is -2.13. The highest BCUT2D eigenvalue weighted by atomic mass is 32.1. The fraction of sp³-hybridized carbons (Fsp3) is 0.0769. The maximum atomic E-state index is 10.9. The first-order chi connectivity index (χ1) is 16.0. The zero-order valence-corrected chi connectivity index (χ0v) is 18.1. The van der Waals surface area contributed by atoms with E-state index in [2.05, 4.69) is 18.2 Å². The van der Waals surface area contributed by atoms with Crippen LogP contribution in [0.4, 0.5) is 0 Å². The molecule has 0 unspecified atom stereocenters. The summed E-state index contributed by atoms with van der Waals surface area (Å²) in [6, 6.07) is 23.3. The highest BCUT2D eigenvalue weighted by Crippen LogP contribution is 2.45. The van der Waals surface area contributed by atoms with E-state index in [1.165, 1.54) is 4.70 Å². The van der Waals surface area contributed by atoms with Gasteiger partial charge in [0.05, 0.1) is 0 Å². The molecule has 2 N–H and O–H groups in total. The van der Waals surface area contributed by atoms with Crippen molar-refractivity contribution < 1.29 is 29.3 Å². The van der Waals surface area contributed by atoms with Crippen LogP contribution in [0.1, 0.15) is 0 Å². The second kappa shape index (κ2) is 8.44. The average molecular weight is 458 g/mol. The smallest absolute Gasteiger partial charge is 0.341 e. The maximum absolute atomic E-state index is 10.9. The molecule has 0 bridgehead atoms. The number of carboxylic acid groups (broad SMARTS) is 2. The molecule has 1 heterocycles. The van der Waals surface area contributed by atoms with Crippen LogP contribution >= 0.6 is 11.3 Å². The Morgan fingerprint density at radius 1 is 0.727 bits per heavy atom. The Morgan fingerprint density at radius 3 is 2.12 bits per heavy atom. The van der Waals surface area contributed by atoms with Crippen LogP contribution in [-0.2, 0) is 9.59 Å². The van der Waals surface area contributed by atoms with Crippen LogP contribution < -0.4 is 9.47 Å². The quantitative estimate of drug-likeness (QED) is 0.320. The number of benzene rings is 4. The monoisotopic (exact) mass is 458 g/mol. The van der Waals surface area contributed by atoms with Gasteiger partial charge in [0.15, 0.2) is 13.2 Å². The minimum atomic E-state index is -1.03. The highest BCUT2D eigenvalue weighted by Gasteiger charge is 2.16. The average Bonchev–Trinajstić information content (AvgIpc) is 3.18. The van der Waals surface area contributed by atoms with E-state index in [4.69, 9.17) is 19.7 Å². The van der Waals surface area contributed by atoms with E-state index in [0.717, 1.165) is 37.4 Å². The largest absolute Gasteiger partial charge is 0.482 e. The zero-order chi connectivity index (χ0) is 22.9. The molecule has 0 aliphatic carbocycles. The van der Waals surface area contributed by atoms with Crippen LogP contribution in [0.25, 0.3) is 42.1 Å². The first-order valence-corrected chi connectivity index (χ1v) is 11.0. The molecule has 5 rings (SSSR count). The number of carboxylic acids is 2. The van der Waals surface area contributed by atoms with Gasteiger partial charge in [-0.1, -0.05) is 36.4 Å². The van der Waals surface area contributed by atoms with Crippen LogP contribution in [0, 0.1) is 0 Å². The van der Waals surface area contributed by atoms with E-state index < -0.39 is 25.2 Å². The normalized spacial score (nSPS) is 11.2. The second-order valence-electron chi connectivity index (χ2n) is 7.50. The molecule has 0 fully saturated rings. The van der Waals surface area contributed by atoms with Crippen molar-refractivity contribution in [3.63, 3.8) is 0 Å². The van der Waals surface area contributed by atoms with Crippen molar-refractivity contribution in [2.45, 2.75) is 0 Å². The molecule has 4 aromatic carbocycles. The van der Waals surface area contributed by atoms with E-state index in [1.807, 2.05) is 36.4 Å². The summed E-state index contributed by atoms with van der Waals surface area (Å²) in [6.07, 6.45) is 0. The predicted molar refractivity (Wildman–Crippen MR) is 129 cm³/mol. The molecule has 1 aromatic heterocycles. The molecule has 5 aromatic rings. The minimum Gasteiger partial charge on any atom is -0.482 e. The first-order valence-electron chi connectivity index (χ1n) is 10.2. The summed E-state index contributed by atoms with van der Waals surface area (Å²) in [6.45, 7) is -0.798. The number of hydrogen-bond acceptors (Lipinski definition) is 5. The van der Waals surface area contributed by atoms with Gasteiger partial charge in [0.1, 0.15) is 11.5 Å². The Hall–Kier alpha value is -4.10. The third-order valence-electron chi connectivity index (χ3n) is 5.32. The molecule has 6 nitrogen and oxygen atoms in total. The molecule has 0 spiro atoms. The van der Waals surface area contributed by atoms with Crippen molar-refractivity contribution in [1.29, 1.82) is 0 Å². The Kier molecular flexibility index (Phi) is 5.32. The van der Waals surface area contributed by atoms with Crippen LogP contribution in [0.15, 0.2) is 72.8 Å². The molecule has 7 heteroatoms. The van der Waals surface area contributed by atoms with E-state index in [1.54, 1.807) is 29.5 Å². The van der Waals surface area contributed by atoms with Gasteiger partial charge in [0, 0.05) is 20.2 Å². The highest BCUT2D eigenvalue weighted by molar-refractivity contribution is 7.26. The van der Waals surface area contributed by atoms with Gasteiger partial charge in [-0.15, -0.1) is 11.3 Å². The lowest BCUT2D eigenvalue weighted by Crippen LogP contribution is -2.09. The molecular weight excluding hydrogens is 440 g/mol. The number of fused-ring (bicyclic) bond motifs is 4. The molecule has 0 aliphatic heterocycles. The van der Waals surface area contributed by atoms with Crippen molar-refractivity contribution in [1.82, 2.24) is 0 Å². The Morgan fingerprint density at radius 2 is 1.39 bits per heavy atom. The zero-order valence-electron chi connectivity index (χ0n) is 17.3. The molecule has 164 valence electrons. The number of carbonyl (C=O) groups is 2. The van der Waals surface area contributed by atoms with Crippen LogP contribution in [0.2, 0.25) is 0 Å². The van der Waals surface area contributed by atoms with Crippen molar-refractivity contribution in [2.24, 2.45) is 0 Å². The van der Waals surface area contributed by atoms with Gasteiger partial charge in [-0.25, -0.2) is 9.59 Å². The number of rotatable bonds is 7. The third kappa shape index (κ3) is 4.06. The molecule has 33 heavy (non-hydrogen) atoms. The van der Waals surface area contributed by atoms with Gasteiger partial charge in [0.2, 0.25) is 0 Å². The summed E-state index contributed by atoms with van der Waals surface area (Å²) >= 11 is 1.70. The van der Waals surface area contributed by atoms with Crippen LogP contribution in [-0.4, -0.2) is 35.4 Å². The fourth-order valence-corrected chi connectivity index (χ4v) is 5.15. The number of aliphatic carboxylic acids is 2. The minimum absolute atomic E-state index is 0.397. The van der Waals surface area contributed by atoms with E-state index in [0.29, 0.717) is 11.5 Å². The van der Waals surface area contributed by atoms with Gasteiger partial charge in [0.25, 0.3) is 0 Å². The standard InChI is InChI=1S/C26H18O6S/c27-23(28)13-31-17-7-5-15(6-8-17)25-19-10-9-18(32-14-24(29)30)11-16(19)12-22-26(25)20-3-1-2-4-21(20)33-22/h1-12H,13-14H2,(H,27,28)(H,29,30). The topological polar surface area (TPSA) is 93.1 Å². The molecular formula is C26H18O6S.